The average molecular weight is 329 g/mol. The monoisotopic (exact) mass is 329 g/mol. The van der Waals surface area contributed by atoms with Crippen LogP contribution in [0.3, 0.4) is 0 Å². The molecule has 0 unspecified atom stereocenters. The van der Waals surface area contributed by atoms with E-state index in [1.165, 1.54) is 7.11 Å². The van der Waals surface area contributed by atoms with Crippen LogP contribution < -0.4 is 10.6 Å². The van der Waals surface area contributed by atoms with Gasteiger partial charge in [0.2, 0.25) is 0 Å². The van der Waals surface area contributed by atoms with E-state index in [0.29, 0.717) is 31.5 Å². The van der Waals surface area contributed by atoms with Crippen molar-refractivity contribution in [2.75, 3.05) is 19.0 Å². The highest BCUT2D eigenvalue weighted by Crippen LogP contribution is 2.16. The number of pyridine rings is 1. The quantitative estimate of drug-likeness (QED) is 0.477. The number of nitrogens with zero attached hydrogens (tertiary/aromatic N) is 1. The third kappa shape index (κ3) is 5.05. The molecule has 0 saturated carbocycles. The smallest absolute Gasteiger partial charge is 0.313 e. The summed E-state index contributed by atoms with van der Waals surface area (Å²) in [4.78, 5) is 38.7. The molecule has 1 aromatic carbocycles. The number of methoxy groups -OCH3 is 1. The minimum atomic E-state index is -0.730. The number of unbranched alkanes of at least 4 members (excludes halogenated alkanes) is 1. The first kappa shape index (κ1) is 17.4. The maximum atomic E-state index is 11.9. The molecule has 0 fully saturated rings. The topological polar surface area (TPSA) is 97.4 Å². The highest BCUT2D eigenvalue weighted by molar-refractivity contribution is 6.39. The van der Waals surface area contributed by atoms with Crippen molar-refractivity contribution in [1.29, 1.82) is 0 Å². The fourth-order valence-electron chi connectivity index (χ4n) is 2.12. The Morgan fingerprint density at radius 2 is 1.96 bits per heavy atom. The zero-order valence-electron chi connectivity index (χ0n) is 13.4. The summed E-state index contributed by atoms with van der Waals surface area (Å²) in [5.41, 5.74) is 1.34. The van der Waals surface area contributed by atoms with Crippen molar-refractivity contribution in [2.24, 2.45) is 0 Å². The molecule has 2 amide bonds. The van der Waals surface area contributed by atoms with Gasteiger partial charge in [0, 0.05) is 30.2 Å². The first-order valence-corrected chi connectivity index (χ1v) is 7.61. The fraction of sp³-hybridized carbons (Fsp3) is 0.294. The van der Waals surface area contributed by atoms with E-state index in [2.05, 4.69) is 20.4 Å². The molecule has 126 valence electrons. The number of esters is 1. The number of amides is 2. The van der Waals surface area contributed by atoms with Crippen LogP contribution in [0.4, 0.5) is 5.69 Å². The lowest BCUT2D eigenvalue weighted by molar-refractivity contribution is -0.140. The van der Waals surface area contributed by atoms with Gasteiger partial charge in [-0.05, 0) is 37.1 Å². The molecule has 2 aromatic rings. The summed E-state index contributed by atoms with van der Waals surface area (Å²) in [5.74, 6) is -1.73. The molecular formula is C17H19N3O4. The van der Waals surface area contributed by atoms with Crippen molar-refractivity contribution in [3.05, 3.63) is 36.5 Å². The van der Waals surface area contributed by atoms with Crippen molar-refractivity contribution in [3.63, 3.8) is 0 Å². The third-order valence-corrected chi connectivity index (χ3v) is 3.39. The molecule has 7 nitrogen and oxygen atoms in total. The van der Waals surface area contributed by atoms with E-state index in [1.54, 1.807) is 30.5 Å². The van der Waals surface area contributed by atoms with E-state index >= 15 is 0 Å². The predicted molar refractivity (Wildman–Crippen MR) is 89.2 cm³/mol. The van der Waals surface area contributed by atoms with Gasteiger partial charge in [-0.2, -0.15) is 0 Å². The van der Waals surface area contributed by atoms with Gasteiger partial charge in [0.05, 0.1) is 12.6 Å². The second kappa shape index (κ2) is 8.61. The summed E-state index contributed by atoms with van der Waals surface area (Å²) in [6.07, 6.45) is 3.17. The van der Waals surface area contributed by atoms with Crippen molar-refractivity contribution in [2.45, 2.75) is 19.3 Å². The zero-order chi connectivity index (χ0) is 17.4. The number of carbonyl (C=O) groups excluding carboxylic acids is 3. The first-order valence-electron chi connectivity index (χ1n) is 7.61. The molecule has 0 radical (unpaired) electrons. The van der Waals surface area contributed by atoms with Crippen molar-refractivity contribution in [1.82, 2.24) is 10.3 Å². The molecule has 1 aromatic heterocycles. The molecule has 0 spiro atoms. The van der Waals surface area contributed by atoms with E-state index in [-0.39, 0.29) is 5.97 Å². The molecule has 2 N–H and O–H groups in total. The zero-order valence-corrected chi connectivity index (χ0v) is 13.4. The summed E-state index contributed by atoms with van der Waals surface area (Å²) < 4.78 is 4.52. The highest BCUT2D eigenvalue weighted by Gasteiger charge is 2.13. The summed E-state index contributed by atoms with van der Waals surface area (Å²) in [7, 11) is 1.33. The lowest BCUT2D eigenvalue weighted by atomic mass is 10.2. The van der Waals surface area contributed by atoms with E-state index in [9.17, 15) is 14.4 Å². The SMILES string of the molecule is COC(=O)CCCCNC(=O)C(=O)Nc1ccc2ncccc2c1. The Balaban J connectivity index is 1.78. The van der Waals surface area contributed by atoms with Crippen LogP contribution in [0.2, 0.25) is 0 Å². The Kier molecular flexibility index (Phi) is 6.24. The second-order valence-corrected chi connectivity index (χ2v) is 5.15. The number of rotatable bonds is 6. The molecule has 1 heterocycles. The van der Waals surface area contributed by atoms with Crippen LogP contribution in [-0.2, 0) is 19.1 Å². The van der Waals surface area contributed by atoms with E-state index in [4.69, 9.17) is 0 Å². The van der Waals surface area contributed by atoms with Gasteiger partial charge in [0.15, 0.2) is 0 Å². The maximum absolute atomic E-state index is 11.9. The third-order valence-electron chi connectivity index (χ3n) is 3.39. The van der Waals surface area contributed by atoms with Gasteiger partial charge in [0.25, 0.3) is 0 Å². The Morgan fingerprint density at radius 3 is 2.75 bits per heavy atom. The highest BCUT2D eigenvalue weighted by atomic mass is 16.5. The number of ether oxygens (including phenoxy) is 1. The molecule has 0 saturated heterocycles. The van der Waals surface area contributed by atoms with E-state index in [1.807, 2.05) is 6.07 Å². The van der Waals surface area contributed by atoms with Crippen molar-refractivity contribution < 1.29 is 19.1 Å². The lowest BCUT2D eigenvalue weighted by Gasteiger charge is -2.07. The number of hydrogen-bond donors (Lipinski definition) is 2. The molecule has 0 atom stereocenters. The van der Waals surface area contributed by atoms with Crippen LogP contribution in [0.5, 0.6) is 0 Å². The summed E-state index contributed by atoms with van der Waals surface area (Å²) in [6, 6.07) is 8.89. The van der Waals surface area contributed by atoms with Crippen LogP contribution in [-0.4, -0.2) is 36.4 Å². The largest absolute Gasteiger partial charge is 0.469 e. The molecule has 0 aliphatic carbocycles. The van der Waals surface area contributed by atoms with Crippen LogP contribution in [0.25, 0.3) is 10.9 Å². The normalized spacial score (nSPS) is 10.2. The van der Waals surface area contributed by atoms with Crippen LogP contribution in [0.1, 0.15) is 19.3 Å². The molecule has 7 heteroatoms. The van der Waals surface area contributed by atoms with Gasteiger partial charge >= 0.3 is 17.8 Å². The molecule has 2 rings (SSSR count). The Morgan fingerprint density at radius 1 is 1.12 bits per heavy atom. The Bertz CT molecular complexity index is 745. The van der Waals surface area contributed by atoms with Gasteiger partial charge < -0.3 is 15.4 Å². The fourth-order valence-corrected chi connectivity index (χ4v) is 2.12. The molecular weight excluding hydrogens is 310 g/mol. The molecule has 24 heavy (non-hydrogen) atoms. The van der Waals surface area contributed by atoms with Gasteiger partial charge in [-0.25, -0.2) is 0 Å². The summed E-state index contributed by atoms with van der Waals surface area (Å²) >= 11 is 0. The van der Waals surface area contributed by atoms with Crippen molar-refractivity contribution in [3.8, 4) is 0 Å². The standard InChI is InChI=1S/C17H19N3O4/c1-24-15(21)6-2-3-9-19-16(22)17(23)20-13-7-8-14-12(11-13)5-4-10-18-14/h4-5,7-8,10-11H,2-3,6,9H2,1H3,(H,19,22)(H,20,23). The van der Waals surface area contributed by atoms with E-state index < -0.39 is 11.8 Å². The van der Waals surface area contributed by atoms with Gasteiger partial charge in [-0.3, -0.25) is 19.4 Å². The summed E-state index contributed by atoms with van der Waals surface area (Å²) in [5, 5.41) is 5.94. The second-order valence-electron chi connectivity index (χ2n) is 5.15. The van der Waals surface area contributed by atoms with Gasteiger partial charge in [-0.1, -0.05) is 6.07 Å². The minimum absolute atomic E-state index is 0.287. The average Bonchev–Trinajstić information content (AvgIpc) is 2.60. The number of benzene rings is 1. The minimum Gasteiger partial charge on any atom is -0.469 e. The van der Waals surface area contributed by atoms with Crippen LogP contribution in [0, 0.1) is 0 Å². The number of nitrogens with one attached hydrogen (secondary N) is 2. The van der Waals surface area contributed by atoms with Crippen LogP contribution in [0.15, 0.2) is 36.5 Å². The van der Waals surface area contributed by atoms with Crippen molar-refractivity contribution >= 4 is 34.4 Å². The molecule has 0 aliphatic rings. The van der Waals surface area contributed by atoms with Gasteiger partial charge in [-0.15, -0.1) is 0 Å². The Labute approximate surface area is 139 Å². The number of anilines is 1. The maximum Gasteiger partial charge on any atom is 0.313 e. The Hall–Kier alpha value is -2.96. The number of fused-ring (bicyclic) bond motifs is 1. The molecule has 0 aliphatic heterocycles. The first-order chi connectivity index (χ1) is 11.6. The van der Waals surface area contributed by atoms with E-state index in [0.717, 1.165) is 10.9 Å². The van der Waals surface area contributed by atoms with Crippen LogP contribution >= 0.6 is 0 Å². The number of aromatic nitrogens is 1. The number of hydrogen-bond acceptors (Lipinski definition) is 5. The predicted octanol–water partition coefficient (Wildman–Crippen LogP) is 1.63. The van der Waals surface area contributed by atoms with Gasteiger partial charge in [0.1, 0.15) is 0 Å². The molecule has 0 bridgehead atoms. The lowest BCUT2D eigenvalue weighted by Crippen LogP contribution is -2.35. The summed E-state index contributed by atoms with van der Waals surface area (Å²) in [6.45, 7) is 0.324. The number of carbonyl (C=O) groups is 3.